The van der Waals surface area contributed by atoms with Gasteiger partial charge in [-0.3, -0.25) is 4.55 Å². The Balaban J connectivity index is 1.70. The van der Waals surface area contributed by atoms with Gasteiger partial charge in [-0.2, -0.15) is 8.42 Å². The third-order valence-electron chi connectivity index (χ3n) is 7.25. The number of hydrogen-bond donors (Lipinski definition) is 1. The van der Waals surface area contributed by atoms with Crippen LogP contribution in [-0.2, 0) is 14.9 Å². The van der Waals surface area contributed by atoms with E-state index in [2.05, 4.69) is 72.8 Å². The van der Waals surface area contributed by atoms with E-state index in [4.69, 9.17) is 4.74 Å². The van der Waals surface area contributed by atoms with Crippen LogP contribution in [0.3, 0.4) is 0 Å². The molecule has 5 aromatic carbocycles. The van der Waals surface area contributed by atoms with Crippen molar-refractivity contribution in [2.24, 2.45) is 0 Å². The molecule has 38 heavy (non-hydrogen) atoms. The van der Waals surface area contributed by atoms with E-state index in [9.17, 15) is 13.0 Å². The van der Waals surface area contributed by atoms with Gasteiger partial charge in [0.25, 0.3) is 10.1 Å². The van der Waals surface area contributed by atoms with Crippen molar-refractivity contribution in [3.63, 3.8) is 0 Å². The number of benzene rings is 5. The van der Waals surface area contributed by atoms with E-state index in [1.54, 1.807) is 6.08 Å². The minimum atomic E-state index is -4.42. The van der Waals surface area contributed by atoms with Gasteiger partial charge >= 0.3 is 0 Å². The van der Waals surface area contributed by atoms with Crippen molar-refractivity contribution >= 4 is 37.2 Å². The third-order valence-corrected chi connectivity index (χ3v) is 8.15. The minimum Gasteiger partial charge on any atom is -0.500 e. The normalized spacial score (nSPS) is 14.1. The molecule has 188 valence electrons. The summed E-state index contributed by atoms with van der Waals surface area (Å²) >= 11 is 0. The molecule has 0 spiro atoms. The van der Waals surface area contributed by atoms with E-state index in [0.717, 1.165) is 44.0 Å². The third kappa shape index (κ3) is 4.20. The lowest BCUT2D eigenvalue weighted by molar-refractivity contribution is 0.275. The number of ether oxygens (including phenoxy) is 1. The fourth-order valence-corrected chi connectivity index (χ4v) is 6.31. The second-order valence-electron chi connectivity index (χ2n) is 9.42. The zero-order chi connectivity index (χ0) is 26.3. The lowest BCUT2D eigenvalue weighted by atomic mass is 9.84. The topological polar surface area (TPSA) is 63.6 Å². The Hall–Kier alpha value is -4.19. The number of hydrogen-bond acceptors (Lipinski definition) is 3. The molecule has 0 atom stereocenters. The van der Waals surface area contributed by atoms with Gasteiger partial charge in [0.1, 0.15) is 10.7 Å². The summed E-state index contributed by atoms with van der Waals surface area (Å²) < 4.78 is 39.3. The molecule has 0 fully saturated rings. The van der Waals surface area contributed by atoms with E-state index in [-0.39, 0.29) is 10.7 Å². The Morgan fingerprint density at radius 3 is 1.71 bits per heavy atom. The predicted octanol–water partition coefficient (Wildman–Crippen LogP) is 8.25. The molecule has 0 amide bonds. The molecule has 1 aliphatic carbocycles. The quantitative estimate of drug-likeness (QED) is 0.188. The Morgan fingerprint density at radius 2 is 1.16 bits per heavy atom. The van der Waals surface area contributed by atoms with Crippen LogP contribution >= 0.6 is 0 Å². The summed E-state index contributed by atoms with van der Waals surface area (Å²) in [5.74, 6) is 0.277. The van der Waals surface area contributed by atoms with Crippen LogP contribution in [0, 0.1) is 0 Å². The molecule has 0 bridgehead atoms. The first-order chi connectivity index (χ1) is 18.5. The number of methoxy groups -OCH3 is 1. The molecule has 1 aliphatic rings. The van der Waals surface area contributed by atoms with Crippen molar-refractivity contribution in [3.05, 3.63) is 125 Å². The molecule has 4 nitrogen and oxygen atoms in total. The average molecular weight is 519 g/mol. The Bertz CT molecular complexity index is 1850. The molecular formula is C33H26O4S. The average Bonchev–Trinajstić information content (AvgIpc) is 2.95. The molecule has 0 saturated carbocycles. The first-order valence-corrected chi connectivity index (χ1v) is 13.9. The molecule has 0 aromatic heterocycles. The molecule has 0 radical (unpaired) electrons. The van der Waals surface area contributed by atoms with Gasteiger partial charge in [0, 0.05) is 6.42 Å². The zero-order valence-corrected chi connectivity index (χ0v) is 21.7. The van der Waals surface area contributed by atoms with E-state index < -0.39 is 10.1 Å². The van der Waals surface area contributed by atoms with E-state index in [0.29, 0.717) is 12.8 Å². The number of rotatable bonds is 5. The van der Waals surface area contributed by atoms with Gasteiger partial charge in [-0.15, -0.1) is 0 Å². The summed E-state index contributed by atoms with van der Waals surface area (Å²) in [6.07, 6.45) is 2.54. The van der Waals surface area contributed by atoms with Crippen molar-refractivity contribution in [1.29, 1.82) is 0 Å². The Labute approximate surface area is 222 Å². The van der Waals surface area contributed by atoms with Crippen LogP contribution < -0.4 is 0 Å². The molecule has 6 rings (SSSR count). The fraction of sp³-hybridized carbons (Fsp3) is 0.0909. The summed E-state index contributed by atoms with van der Waals surface area (Å²) in [4.78, 5) is -0.173. The highest BCUT2D eigenvalue weighted by molar-refractivity contribution is 7.90. The highest BCUT2D eigenvalue weighted by Crippen LogP contribution is 2.45. The lowest BCUT2D eigenvalue weighted by Crippen LogP contribution is -2.09. The van der Waals surface area contributed by atoms with Crippen molar-refractivity contribution in [3.8, 4) is 22.3 Å². The minimum absolute atomic E-state index is 0.173. The van der Waals surface area contributed by atoms with Gasteiger partial charge < -0.3 is 4.74 Å². The maximum Gasteiger partial charge on any atom is 0.297 e. The van der Waals surface area contributed by atoms with Crippen LogP contribution in [0.2, 0.25) is 0 Å². The highest BCUT2D eigenvalue weighted by atomic mass is 32.2. The first kappa shape index (κ1) is 24.2. The maximum absolute atomic E-state index is 12.1. The van der Waals surface area contributed by atoms with Crippen molar-refractivity contribution in [1.82, 2.24) is 0 Å². The molecule has 5 aromatic rings. The van der Waals surface area contributed by atoms with Crippen LogP contribution in [0.15, 0.2) is 120 Å². The second kappa shape index (κ2) is 9.60. The molecule has 0 heterocycles. The van der Waals surface area contributed by atoms with Crippen LogP contribution in [0.1, 0.15) is 18.4 Å². The van der Waals surface area contributed by atoms with Crippen LogP contribution in [-0.4, -0.2) is 20.1 Å². The molecule has 0 aliphatic heterocycles. The van der Waals surface area contributed by atoms with Gasteiger partial charge in [-0.25, -0.2) is 0 Å². The molecule has 0 saturated heterocycles. The van der Waals surface area contributed by atoms with Gasteiger partial charge in [0.2, 0.25) is 0 Å². The maximum atomic E-state index is 12.1. The second-order valence-corrected chi connectivity index (χ2v) is 10.8. The van der Waals surface area contributed by atoms with Gasteiger partial charge in [0.15, 0.2) is 0 Å². The van der Waals surface area contributed by atoms with Crippen molar-refractivity contribution in [2.75, 3.05) is 7.11 Å². The number of fused-ring (bicyclic) bond motifs is 2. The monoisotopic (exact) mass is 518 g/mol. The highest BCUT2D eigenvalue weighted by Gasteiger charge is 2.25. The Kier molecular flexibility index (Phi) is 6.10. The lowest BCUT2D eigenvalue weighted by Gasteiger charge is -2.21. The van der Waals surface area contributed by atoms with E-state index in [1.165, 1.54) is 18.1 Å². The summed E-state index contributed by atoms with van der Waals surface area (Å²) in [7, 11) is -2.99. The predicted molar refractivity (Wildman–Crippen MR) is 155 cm³/mol. The van der Waals surface area contributed by atoms with Gasteiger partial charge in [-0.05, 0) is 73.5 Å². The summed E-state index contributed by atoms with van der Waals surface area (Å²) in [5, 5.41) is 4.54. The van der Waals surface area contributed by atoms with E-state index in [1.807, 2.05) is 30.3 Å². The van der Waals surface area contributed by atoms with Crippen LogP contribution in [0.25, 0.3) is 49.4 Å². The summed E-state index contributed by atoms with van der Waals surface area (Å²) in [6, 6.07) is 35.6. The first-order valence-electron chi connectivity index (χ1n) is 12.5. The van der Waals surface area contributed by atoms with Crippen LogP contribution in [0.4, 0.5) is 0 Å². The van der Waals surface area contributed by atoms with Gasteiger partial charge in [-0.1, -0.05) is 97.1 Å². The largest absolute Gasteiger partial charge is 0.500 e. The molecule has 0 unspecified atom stereocenters. The smallest absolute Gasteiger partial charge is 0.297 e. The van der Waals surface area contributed by atoms with E-state index >= 15 is 0 Å². The zero-order valence-electron chi connectivity index (χ0n) is 20.9. The SMILES string of the molecule is COC1=C(S(=O)(=O)O)C=C(c2ccc3c(-c4ccccc4)c4ccccc4c(-c4ccccc4)c3c2)CC1. The Morgan fingerprint density at radius 1 is 0.632 bits per heavy atom. The molecule has 1 N–H and O–H groups in total. The van der Waals surface area contributed by atoms with Crippen LogP contribution in [0.5, 0.6) is 0 Å². The molecular weight excluding hydrogens is 492 g/mol. The standard InChI is InChI=1S/C33H26O4S/c1-37-30-19-17-25(21-31(30)38(34,35)36)24-16-18-28-29(20-24)33(23-12-6-3-7-13-23)27-15-9-8-14-26(27)32(28)22-10-4-2-5-11-22/h2-16,18,20-21H,17,19H2,1H3,(H,34,35,36). The number of allylic oxidation sites excluding steroid dienone is 3. The summed E-state index contributed by atoms with van der Waals surface area (Å²) in [5.41, 5.74) is 6.31. The van der Waals surface area contributed by atoms with Gasteiger partial charge in [0.05, 0.1) is 7.11 Å². The van der Waals surface area contributed by atoms with Crippen molar-refractivity contribution in [2.45, 2.75) is 12.8 Å². The fourth-order valence-electron chi connectivity index (χ4n) is 5.54. The summed E-state index contributed by atoms with van der Waals surface area (Å²) in [6.45, 7) is 0. The molecule has 5 heteroatoms. The van der Waals surface area contributed by atoms with Crippen molar-refractivity contribution < 1.29 is 17.7 Å².